The molecule has 1 amide bonds. The Balaban J connectivity index is 0.00000338. The molecule has 4 unspecified atom stereocenters. The first-order chi connectivity index (χ1) is 11.9. The first kappa shape index (κ1) is 22.5. The van der Waals surface area contributed by atoms with Crippen LogP contribution in [0.2, 0.25) is 5.02 Å². The Morgan fingerprint density at radius 2 is 1.62 bits per heavy atom. The first-order valence-corrected chi connectivity index (χ1v) is 8.71. The van der Waals surface area contributed by atoms with Crippen LogP contribution in [-0.4, -0.2) is 19.1 Å². The number of carbonyl (C=O) groups is 1. The Kier molecular flexibility index (Phi) is 9.09. The van der Waals surface area contributed by atoms with E-state index in [1.165, 1.54) is 0 Å². The van der Waals surface area contributed by atoms with Gasteiger partial charge in [0.1, 0.15) is 6.10 Å². The van der Waals surface area contributed by atoms with E-state index in [1.807, 2.05) is 68.4 Å². The number of hydrogen-bond acceptors (Lipinski definition) is 3. The Morgan fingerprint density at radius 3 is 2.15 bits per heavy atom. The zero-order valence-corrected chi connectivity index (χ0v) is 16.8. The molecule has 26 heavy (non-hydrogen) atoms. The molecule has 0 fully saturated rings. The lowest BCUT2D eigenvalue weighted by Crippen LogP contribution is -2.43. The van der Waals surface area contributed by atoms with E-state index in [9.17, 15) is 4.79 Å². The van der Waals surface area contributed by atoms with Gasteiger partial charge in [-0.15, -0.1) is 12.4 Å². The molecule has 142 valence electrons. The molecule has 2 rings (SSSR count). The van der Waals surface area contributed by atoms with Gasteiger partial charge in [-0.25, -0.2) is 0 Å². The molecule has 0 aromatic heterocycles. The van der Waals surface area contributed by atoms with Crippen LogP contribution in [0, 0.1) is 5.92 Å². The summed E-state index contributed by atoms with van der Waals surface area (Å²) in [5, 5.41) is 3.68. The van der Waals surface area contributed by atoms with E-state index in [0.29, 0.717) is 5.02 Å². The number of amides is 1. The molecule has 0 radical (unpaired) electrons. The van der Waals surface area contributed by atoms with Crippen molar-refractivity contribution in [1.82, 2.24) is 5.32 Å². The van der Waals surface area contributed by atoms with Crippen LogP contribution in [0.15, 0.2) is 54.6 Å². The first-order valence-electron chi connectivity index (χ1n) is 8.33. The third-order valence-corrected chi connectivity index (χ3v) is 4.67. The van der Waals surface area contributed by atoms with Crippen LogP contribution >= 0.6 is 24.0 Å². The van der Waals surface area contributed by atoms with E-state index in [4.69, 9.17) is 22.1 Å². The molecule has 0 heterocycles. The smallest absolute Gasteiger partial charge is 0.225 e. The summed E-state index contributed by atoms with van der Waals surface area (Å²) in [6.45, 7) is 3.76. The molecule has 6 heteroatoms. The molecule has 0 saturated carbocycles. The van der Waals surface area contributed by atoms with Gasteiger partial charge in [0.05, 0.1) is 12.0 Å². The average Bonchev–Trinajstić information content (AvgIpc) is 2.63. The van der Waals surface area contributed by atoms with Crippen LogP contribution in [0.1, 0.15) is 37.1 Å². The van der Waals surface area contributed by atoms with Gasteiger partial charge in [0.2, 0.25) is 5.91 Å². The minimum Gasteiger partial charge on any atom is -0.375 e. The summed E-state index contributed by atoms with van der Waals surface area (Å²) >= 11 is 5.93. The van der Waals surface area contributed by atoms with Crippen LogP contribution in [0.25, 0.3) is 0 Å². The second-order valence-corrected chi connectivity index (χ2v) is 6.67. The fourth-order valence-corrected chi connectivity index (χ4v) is 2.97. The molecule has 2 aromatic carbocycles. The van der Waals surface area contributed by atoms with E-state index in [0.717, 1.165) is 11.1 Å². The summed E-state index contributed by atoms with van der Waals surface area (Å²) in [5.74, 6) is -0.451. The lowest BCUT2D eigenvalue weighted by molar-refractivity contribution is -0.126. The maximum absolute atomic E-state index is 12.6. The molecular formula is C20H26Cl2N2O2. The third-order valence-electron chi connectivity index (χ3n) is 4.41. The van der Waals surface area contributed by atoms with Crippen LogP contribution < -0.4 is 11.1 Å². The van der Waals surface area contributed by atoms with Gasteiger partial charge >= 0.3 is 0 Å². The Labute approximate surface area is 166 Å². The molecule has 0 aliphatic carbocycles. The normalized spacial score (nSPS) is 15.3. The van der Waals surface area contributed by atoms with Crippen molar-refractivity contribution in [2.45, 2.75) is 32.0 Å². The molecule has 0 aliphatic heterocycles. The number of methoxy groups -OCH3 is 1. The van der Waals surface area contributed by atoms with Gasteiger partial charge in [-0.05, 0) is 30.2 Å². The molecule has 0 spiro atoms. The van der Waals surface area contributed by atoms with Crippen molar-refractivity contribution in [3.05, 3.63) is 70.7 Å². The van der Waals surface area contributed by atoms with Crippen molar-refractivity contribution in [2.24, 2.45) is 11.7 Å². The number of nitrogens with two attached hydrogens (primary N) is 1. The highest BCUT2D eigenvalue weighted by atomic mass is 35.5. The number of rotatable bonds is 7. The summed E-state index contributed by atoms with van der Waals surface area (Å²) < 4.78 is 5.57. The van der Waals surface area contributed by atoms with Crippen molar-refractivity contribution in [1.29, 1.82) is 0 Å². The monoisotopic (exact) mass is 396 g/mol. The summed E-state index contributed by atoms with van der Waals surface area (Å²) in [7, 11) is 1.63. The highest BCUT2D eigenvalue weighted by Crippen LogP contribution is 2.24. The summed E-state index contributed by atoms with van der Waals surface area (Å²) in [5.41, 5.74) is 8.15. The number of nitrogens with one attached hydrogen (secondary N) is 1. The number of halogens is 2. The van der Waals surface area contributed by atoms with Crippen LogP contribution in [-0.2, 0) is 9.53 Å². The van der Waals surface area contributed by atoms with Gasteiger partial charge in [-0.1, -0.05) is 61.0 Å². The number of benzene rings is 2. The lowest BCUT2D eigenvalue weighted by atomic mass is 9.94. The standard InChI is InChI=1S/C20H25ClN2O2.ClH/c1-13(18(22)15-7-5-4-6-8-15)20(24)23-14(2)19(25-3)16-9-11-17(21)12-10-16;/h4-14,18-19H,22H2,1-3H3,(H,23,24);1H. The van der Waals surface area contributed by atoms with Gasteiger partial charge in [0.15, 0.2) is 0 Å². The van der Waals surface area contributed by atoms with Crippen LogP contribution in [0.5, 0.6) is 0 Å². The van der Waals surface area contributed by atoms with E-state index in [-0.39, 0.29) is 42.4 Å². The SMILES string of the molecule is COC(c1ccc(Cl)cc1)C(C)NC(=O)C(C)C(N)c1ccccc1.Cl. The predicted molar refractivity (Wildman–Crippen MR) is 109 cm³/mol. The van der Waals surface area contributed by atoms with E-state index < -0.39 is 0 Å². The quantitative estimate of drug-likeness (QED) is 0.733. The second kappa shape index (κ2) is 10.5. The molecule has 4 atom stereocenters. The van der Waals surface area contributed by atoms with Gasteiger partial charge in [-0.3, -0.25) is 4.79 Å². The topological polar surface area (TPSA) is 64.3 Å². The number of ether oxygens (including phenoxy) is 1. The van der Waals surface area contributed by atoms with Crippen LogP contribution in [0.4, 0.5) is 0 Å². The van der Waals surface area contributed by atoms with Crippen molar-refractivity contribution >= 4 is 29.9 Å². The Bertz CT molecular complexity index is 680. The van der Waals surface area contributed by atoms with Gasteiger partial charge in [0, 0.05) is 18.2 Å². The Morgan fingerprint density at radius 1 is 1.04 bits per heavy atom. The fourth-order valence-electron chi connectivity index (χ4n) is 2.84. The van der Waals surface area contributed by atoms with E-state index in [1.54, 1.807) is 7.11 Å². The molecular weight excluding hydrogens is 371 g/mol. The van der Waals surface area contributed by atoms with Gasteiger partial charge < -0.3 is 15.8 Å². The highest BCUT2D eigenvalue weighted by Gasteiger charge is 2.26. The molecule has 0 bridgehead atoms. The van der Waals surface area contributed by atoms with E-state index >= 15 is 0 Å². The second-order valence-electron chi connectivity index (χ2n) is 6.23. The van der Waals surface area contributed by atoms with Gasteiger partial charge in [0.25, 0.3) is 0 Å². The maximum atomic E-state index is 12.6. The summed E-state index contributed by atoms with van der Waals surface area (Å²) in [6, 6.07) is 16.5. The summed E-state index contributed by atoms with van der Waals surface area (Å²) in [4.78, 5) is 12.6. The lowest BCUT2D eigenvalue weighted by Gasteiger charge is -2.27. The zero-order valence-electron chi connectivity index (χ0n) is 15.2. The molecule has 4 nitrogen and oxygen atoms in total. The van der Waals surface area contributed by atoms with Gasteiger partial charge in [-0.2, -0.15) is 0 Å². The fraction of sp³-hybridized carbons (Fsp3) is 0.350. The van der Waals surface area contributed by atoms with Crippen LogP contribution in [0.3, 0.4) is 0 Å². The van der Waals surface area contributed by atoms with Crippen molar-refractivity contribution in [3.63, 3.8) is 0 Å². The molecule has 2 aromatic rings. The van der Waals surface area contributed by atoms with Crippen molar-refractivity contribution in [2.75, 3.05) is 7.11 Å². The maximum Gasteiger partial charge on any atom is 0.225 e. The highest BCUT2D eigenvalue weighted by molar-refractivity contribution is 6.30. The van der Waals surface area contributed by atoms with E-state index in [2.05, 4.69) is 5.32 Å². The summed E-state index contributed by atoms with van der Waals surface area (Å²) in [6.07, 6.45) is -0.263. The molecule has 0 saturated heterocycles. The van der Waals surface area contributed by atoms with Crippen molar-refractivity contribution < 1.29 is 9.53 Å². The molecule has 3 N–H and O–H groups in total. The zero-order chi connectivity index (χ0) is 18.4. The minimum absolute atomic E-state index is 0. The van der Waals surface area contributed by atoms with Crippen molar-refractivity contribution in [3.8, 4) is 0 Å². The average molecular weight is 397 g/mol. The molecule has 0 aliphatic rings. The third kappa shape index (κ3) is 5.71. The Hall–Kier alpha value is -1.59. The minimum atomic E-state index is -0.357. The number of hydrogen-bond donors (Lipinski definition) is 2. The number of carbonyl (C=O) groups excluding carboxylic acids is 1. The predicted octanol–water partition coefficient (Wildman–Crippen LogP) is 4.29. The largest absolute Gasteiger partial charge is 0.375 e.